The summed E-state index contributed by atoms with van der Waals surface area (Å²) in [4.78, 5) is 54.9. The summed E-state index contributed by atoms with van der Waals surface area (Å²) in [5.41, 5.74) is 6.28. The van der Waals surface area contributed by atoms with Crippen LogP contribution < -0.4 is 30.1 Å². The molecule has 3 aliphatic rings. The number of para-hydroxylation sites is 1. The fraction of sp³-hybridized carbons (Fsp3) is 0.396. The van der Waals surface area contributed by atoms with Crippen LogP contribution in [0.3, 0.4) is 0 Å². The van der Waals surface area contributed by atoms with E-state index in [2.05, 4.69) is 24.7 Å². The van der Waals surface area contributed by atoms with Crippen molar-refractivity contribution in [2.45, 2.75) is 77.4 Å². The predicted molar refractivity (Wildman–Crippen MR) is 261 cm³/mol. The van der Waals surface area contributed by atoms with Gasteiger partial charge in [-0.25, -0.2) is 19.9 Å². The maximum absolute atomic E-state index is 14.6. The highest BCUT2D eigenvalue weighted by atomic mass is 16.5. The molecule has 352 valence electrons. The summed E-state index contributed by atoms with van der Waals surface area (Å²) in [6, 6.07) is 25.8. The Morgan fingerprint density at radius 2 is 1.28 bits per heavy atom. The normalized spacial score (nSPS) is 16.3. The van der Waals surface area contributed by atoms with Crippen LogP contribution in [0.15, 0.2) is 101 Å². The number of benzene rings is 4. The quantitative estimate of drug-likeness (QED) is 0.102. The van der Waals surface area contributed by atoms with Crippen LogP contribution in [-0.4, -0.2) is 110 Å². The summed E-state index contributed by atoms with van der Waals surface area (Å²) in [6.07, 6.45) is 8.51. The molecule has 1 unspecified atom stereocenters. The number of fused-ring (bicyclic) bond motifs is 4. The Bertz CT molecular complexity index is 3040. The van der Waals surface area contributed by atoms with Crippen LogP contribution in [0, 0.1) is 0 Å². The molecule has 15 heteroatoms. The van der Waals surface area contributed by atoms with Crippen LogP contribution in [-0.2, 0) is 58.5 Å². The van der Waals surface area contributed by atoms with E-state index in [0.717, 1.165) is 84.4 Å². The van der Waals surface area contributed by atoms with Gasteiger partial charge in [-0.3, -0.25) is 28.5 Å². The number of nitrogens with zero attached hydrogens (tertiary/aromatic N) is 9. The SMILES string of the molecule is COc1ccc(CCn2c(CCN3Cc4cncnc4C3)nc3ccc(COc4cc(CCn5c(CCN6CCN7CCCC7C6)nc6ccccc6c5=O)ccc4OC)cc3c2=O)cc1OC. The van der Waals surface area contributed by atoms with Crippen LogP contribution in [0.1, 0.15) is 52.4 Å². The minimum Gasteiger partial charge on any atom is -0.493 e. The lowest BCUT2D eigenvalue weighted by molar-refractivity contribution is 0.105. The molecule has 3 aromatic heterocycles. The maximum Gasteiger partial charge on any atom is 0.261 e. The first-order valence-electron chi connectivity index (χ1n) is 23.8. The van der Waals surface area contributed by atoms with Crippen LogP contribution in [0.25, 0.3) is 21.8 Å². The van der Waals surface area contributed by atoms with Gasteiger partial charge in [0.05, 0.1) is 48.8 Å². The molecule has 2 fully saturated rings. The molecule has 4 aromatic carbocycles. The second-order valence-electron chi connectivity index (χ2n) is 18.1. The van der Waals surface area contributed by atoms with E-state index >= 15 is 0 Å². The van der Waals surface area contributed by atoms with Crippen LogP contribution >= 0.6 is 0 Å². The summed E-state index contributed by atoms with van der Waals surface area (Å²) < 4.78 is 27.0. The molecule has 0 aliphatic carbocycles. The van der Waals surface area contributed by atoms with E-state index in [-0.39, 0.29) is 17.7 Å². The van der Waals surface area contributed by atoms with Gasteiger partial charge in [0.15, 0.2) is 23.0 Å². The number of aryl methyl sites for hydroxylation is 2. The van der Waals surface area contributed by atoms with Crippen molar-refractivity contribution in [3.8, 4) is 23.0 Å². The van der Waals surface area contributed by atoms with Crippen molar-refractivity contribution in [2.24, 2.45) is 0 Å². The van der Waals surface area contributed by atoms with E-state index in [1.165, 1.54) is 19.4 Å². The van der Waals surface area contributed by atoms with Gasteiger partial charge in [-0.2, -0.15) is 0 Å². The van der Waals surface area contributed by atoms with Gasteiger partial charge in [0.2, 0.25) is 0 Å². The number of methoxy groups -OCH3 is 3. The number of ether oxygens (including phenoxy) is 4. The molecule has 68 heavy (non-hydrogen) atoms. The van der Waals surface area contributed by atoms with Crippen LogP contribution in [0.2, 0.25) is 0 Å². The Labute approximate surface area is 395 Å². The molecule has 7 aromatic rings. The molecule has 0 bridgehead atoms. The molecule has 0 amide bonds. The first kappa shape index (κ1) is 45.1. The number of hydrogen-bond donors (Lipinski definition) is 0. The summed E-state index contributed by atoms with van der Waals surface area (Å²) in [7, 11) is 4.87. The molecule has 0 N–H and O–H groups in total. The molecule has 0 radical (unpaired) electrons. The summed E-state index contributed by atoms with van der Waals surface area (Å²) in [5, 5.41) is 1.16. The number of piperazine rings is 1. The van der Waals surface area contributed by atoms with Crippen molar-refractivity contribution in [2.75, 3.05) is 60.6 Å². The lowest BCUT2D eigenvalue weighted by atomic mass is 10.1. The van der Waals surface area contributed by atoms with Crippen molar-refractivity contribution in [1.29, 1.82) is 0 Å². The van der Waals surface area contributed by atoms with Gasteiger partial charge in [-0.05, 0) is 97.4 Å². The second-order valence-corrected chi connectivity index (χ2v) is 18.1. The van der Waals surface area contributed by atoms with Gasteiger partial charge >= 0.3 is 0 Å². The van der Waals surface area contributed by atoms with Crippen molar-refractivity contribution in [3.63, 3.8) is 0 Å². The number of rotatable bonds is 18. The smallest absolute Gasteiger partial charge is 0.261 e. The summed E-state index contributed by atoms with van der Waals surface area (Å²) in [5.74, 6) is 4.02. The van der Waals surface area contributed by atoms with Crippen molar-refractivity contribution in [3.05, 3.63) is 152 Å². The lowest BCUT2D eigenvalue weighted by Gasteiger charge is -2.37. The fourth-order valence-electron chi connectivity index (χ4n) is 10.2. The third kappa shape index (κ3) is 9.69. The van der Waals surface area contributed by atoms with E-state index in [1.54, 1.807) is 27.7 Å². The number of aromatic nitrogens is 6. The third-order valence-corrected chi connectivity index (χ3v) is 14.0. The Morgan fingerprint density at radius 3 is 2.01 bits per heavy atom. The van der Waals surface area contributed by atoms with E-state index < -0.39 is 0 Å². The van der Waals surface area contributed by atoms with E-state index in [4.69, 9.17) is 28.9 Å². The first-order valence-corrected chi connectivity index (χ1v) is 23.8. The van der Waals surface area contributed by atoms with Crippen molar-refractivity contribution < 1.29 is 18.9 Å². The molecule has 2 saturated heterocycles. The molecule has 0 saturated carbocycles. The molecule has 6 heterocycles. The maximum atomic E-state index is 14.6. The van der Waals surface area contributed by atoms with E-state index in [1.807, 2.05) is 94.2 Å². The van der Waals surface area contributed by atoms with Gasteiger partial charge < -0.3 is 23.8 Å². The Kier molecular flexibility index (Phi) is 13.5. The molecule has 15 nitrogen and oxygen atoms in total. The molecule has 1 atom stereocenters. The molecular weight excluding hydrogens is 859 g/mol. The minimum absolute atomic E-state index is 0.0120. The molecule has 3 aliphatic heterocycles. The highest BCUT2D eigenvalue weighted by Gasteiger charge is 2.30. The lowest BCUT2D eigenvalue weighted by Crippen LogP contribution is -2.50. The standard InChI is InChI=1S/C53H59N9O6/c1-65-46-14-11-36(28-48(46)67-3)16-24-62-51(19-22-59-31-39-30-54-35-55-45(39)33-59)57-44-13-10-38(27-42(44)53(62)64)34-68-49-29-37(12-15-47(49)66-2)17-23-61-50(56-43-9-5-4-8-41(43)52(61)63)18-21-58-25-26-60-20-6-7-40(60)32-58/h4-5,8-15,27-30,35,40H,6-7,16-26,31-34H2,1-3H3. The zero-order chi connectivity index (χ0) is 46.6. The average molecular weight is 918 g/mol. The highest BCUT2D eigenvalue weighted by Crippen LogP contribution is 2.31. The van der Waals surface area contributed by atoms with E-state index in [0.29, 0.717) is 90.6 Å². The minimum atomic E-state index is -0.100. The Hall–Kier alpha value is -6.68. The molecule has 0 spiro atoms. The second kappa shape index (κ2) is 20.3. The van der Waals surface area contributed by atoms with E-state index in [9.17, 15) is 9.59 Å². The van der Waals surface area contributed by atoms with Gasteiger partial charge in [-0.1, -0.05) is 30.3 Å². The van der Waals surface area contributed by atoms with Crippen molar-refractivity contribution >= 4 is 21.8 Å². The van der Waals surface area contributed by atoms with Crippen LogP contribution in [0.4, 0.5) is 0 Å². The Balaban J connectivity index is 0.863. The van der Waals surface area contributed by atoms with Crippen molar-refractivity contribution in [1.82, 2.24) is 43.8 Å². The summed E-state index contributed by atoms with van der Waals surface area (Å²) in [6.45, 7) is 8.65. The summed E-state index contributed by atoms with van der Waals surface area (Å²) >= 11 is 0. The Morgan fingerprint density at radius 1 is 0.618 bits per heavy atom. The van der Waals surface area contributed by atoms with Crippen LogP contribution in [0.5, 0.6) is 23.0 Å². The highest BCUT2D eigenvalue weighted by molar-refractivity contribution is 5.79. The zero-order valence-corrected chi connectivity index (χ0v) is 39.2. The first-order chi connectivity index (χ1) is 33.3. The van der Waals surface area contributed by atoms with Gasteiger partial charge in [0.25, 0.3) is 11.1 Å². The zero-order valence-electron chi connectivity index (χ0n) is 39.2. The number of hydrogen-bond acceptors (Lipinski definition) is 13. The fourth-order valence-corrected chi connectivity index (χ4v) is 10.2. The third-order valence-electron chi connectivity index (χ3n) is 14.0. The topological polar surface area (TPSA) is 142 Å². The largest absolute Gasteiger partial charge is 0.493 e. The predicted octanol–water partition coefficient (Wildman–Crippen LogP) is 5.87. The molecule has 10 rings (SSSR count). The molecular formula is C53H59N9O6. The van der Waals surface area contributed by atoms with Gasteiger partial charge in [-0.15, -0.1) is 0 Å². The van der Waals surface area contributed by atoms with Gasteiger partial charge in [0.1, 0.15) is 24.6 Å². The van der Waals surface area contributed by atoms with Gasteiger partial charge in [0, 0.05) is 89.5 Å². The monoisotopic (exact) mass is 917 g/mol. The average Bonchev–Trinajstić information content (AvgIpc) is 4.03.